The van der Waals surface area contributed by atoms with Crippen molar-refractivity contribution in [3.05, 3.63) is 108 Å². The zero-order chi connectivity index (χ0) is 23.3. The molecule has 1 N–H and O–H groups in total. The van der Waals surface area contributed by atoms with Gasteiger partial charge in [0, 0.05) is 12.1 Å². The quantitative estimate of drug-likeness (QED) is 0.300. The lowest BCUT2D eigenvalue weighted by atomic mass is 10.1. The second-order valence-electron chi connectivity index (χ2n) is 8.38. The van der Waals surface area contributed by atoms with Crippen LogP contribution in [0.25, 0.3) is 21.8 Å². The normalized spacial score (nSPS) is 11.1. The number of nitrogens with zero attached hydrogens (tertiary/aromatic N) is 2. The van der Waals surface area contributed by atoms with E-state index in [4.69, 9.17) is 9.72 Å². The Balaban J connectivity index is 1.26. The second kappa shape index (κ2) is 9.79. The lowest BCUT2D eigenvalue weighted by Crippen LogP contribution is -2.25. The molecule has 0 atom stereocenters. The predicted octanol–water partition coefficient (Wildman–Crippen LogP) is 5.90. The lowest BCUT2D eigenvalue weighted by molar-refractivity contribution is 0.0949. The predicted molar refractivity (Wildman–Crippen MR) is 136 cm³/mol. The topological polar surface area (TPSA) is 56.2 Å². The number of fused-ring (bicyclic) bond motifs is 2. The van der Waals surface area contributed by atoms with Gasteiger partial charge in [0.2, 0.25) is 0 Å². The van der Waals surface area contributed by atoms with E-state index in [1.54, 1.807) is 0 Å². The van der Waals surface area contributed by atoms with Gasteiger partial charge < -0.3 is 14.6 Å². The maximum absolute atomic E-state index is 12.7. The van der Waals surface area contributed by atoms with Crippen LogP contribution in [0.1, 0.15) is 28.2 Å². The van der Waals surface area contributed by atoms with Gasteiger partial charge in [-0.15, -0.1) is 0 Å². The fourth-order valence-electron chi connectivity index (χ4n) is 4.26. The molecule has 170 valence electrons. The van der Waals surface area contributed by atoms with Crippen LogP contribution >= 0.6 is 0 Å². The minimum atomic E-state index is -0.0867. The van der Waals surface area contributed by atoms with E-state index < -0.39 is 0 Å². The number of benzene rings is 4. The first-order valence-corrected chi connectivity index (χ1v) is 11.6. The van der Waals surface area contributed by atoms with E-state index in [0.29, 0.717) is 18.7 Å². The van der Waals surface area contributed by atoms with Gasteiger partial charge in [0.05, 0.1) is 24.2 Å². The molecule has 0 aliphatic heterocycles. The number of carbonyl (C=O) groups is 1. The molecule has 4 aromatic carbocycles. The van der Waals surface area contributed by atoms with Crippen LogP contribution in [0.4, 0.5) is 0 Å². The van der Waals surface area contributed by atoms with Crippen molar-refractivity contribution in [3.63, 3.8) is 0 Å². The highest BCUT2D eigenvalue weighted by molar-refractivity contribution is 5.95. The van der Waals surface area contributed by atoms with Gasteiger partial charge in [0.15, 0.2) is 0 Å². The molecule has 1 aromatic heterocycles. The van der Waals surface area contributed by atoms with Crippen LogP contribution in [0.15, 0.2) is 91.0 Å². The highest BCUT2D eigenvalue weighted by Gasteiger charge is 2.13. The zero-order valence-corrected chi connectivity index (χ0v) is 19.2. The summed E-state index contributed by atoms with van der Waals surface area (Å²) in [6.07, 6.45) is 0.825. The Labute approximate surface area is 199 Å². The minimum Gasteiger partial charge on any atom is -0.494 e. The largest absolute Gasteiger partial charge is 0.494 e. The molecule has 0 saturated carbocycles. The molecule has 0 aliphatic carbocycles. The summed E-state index contributed by atoms with van der Waals surface area (Å²) in [6.45, 7) is 3.66. The Bertz CT molecular complexity index is 1450. The van der Waals surface area contributed by atoms with Crippen LogP contribution in [0.5, 0.6) is 5.75 Å². The molecular formula is C29H27N3O2. The summed E-state index contributed by atoms with van der Waals surface area (Å²) in [5, 5.41) is 5.42. The number of ether oxygens (including phenoxy) is 1. The van der Waals surface area contributed by atoms with Gasteiger partial charge in [-0.2, -0.15) is 0 Å². The van der Waals surface area contributed by atoms with Crippen LogP contribution in [0.2, 0.25) is 0 Å². The number of rotatable bonds is 8. The van der Waals surface area contributed by atoms with Crippen molar-refractivity contribution >= 4 is 27.7 Å². The average Bonchev–Trinajstić information content (AvgIpc) is 3.22. The third kappa shape index (κ3) is 4.64. The van der Waals surface area contributed by atoms with Crippen LogP contribution < -0.4 is 10.1 Å². The molecule has 0 aliphatic rings. The van der Waals surface area contributed by atoms with Crippen LogP contribution in [0, 0.1) is 6.92 Å². The van der Waals surface area contributed by atoms with E-state index in [-0.39, 0.29) is 5.91 Å². The number of aromatic nitrogens is 2. The Kier molecular flexibility index (Phi) is 6.25. The molecule has 5 heteroatoms. The third-order valence-electron chi connectivity index (χ3n) is 6.05. The summed E-state index contributed by atoms with van der Waals surface area (Å²) in [4.78, 5) is 17.5. The molecule has 0 radical (unpaired) electrons. The smallest absolute Gasteiger partial charge is 0.251 e. The molecule has 0 bridgehead atoms. The monoisotopic (exact) mass is 449 g/mol. The Morgan fingerprint density at radius 3 is 2.56 bits per heavy atom. The van der Waals surface area contributed by atoms with E-state index in [1.807, 2.05) is 67.6 Å². The van der Waals surface area contributed by atoms with Gasteiger partial charge in [-0.3, -0.25) is 4.79 Å². The summed E-state index contributed by atoms with van der Waals surface area (Å²) < 4.78 is 8.21. The number of hydrogen-bond donors (Lipinski definition) is 1. The number of para-hydroxylation sites is 2. The summed E-state index contributed by atoms with van der Waals surface area (Å²) >= 11 is 0. The minimum absolute atomic E-state index is 0.0867. The average molecular weight is 450 g/mol. The molecule has 5 nitrogen and oxygen atoms in total. The summed E-state index contributed by atoms with van der Waals surface area (Å²) in [7, 11) is 0. The number of aryl methyl sites for hydroxylation is 2. The Morgan fingerprint density at radius 1 is 0.912 bits per heavy atom. The molecule has 5 aromatic rings. The number of nitrogens with one attached hydrogen (secondary N) is 1. The van der Waals surface area contributed by atoms with Gasteiger partial charge in [-0.1, -0.05) is 60.7 Å². The number of amides is 1. The van der Waals surface area contributed by atoms with Crippen LogP contribution in [-0.4, -0.2) is 22.1 Å². The van der Waals surface area contributed by atoms with Crippen molar-refractivity contribution in [2.24, 2.45) is 0 Å². The van der Waals surface area contributed by atoms with Crippen LogP contribution in [-0.2, 0) is 13.1 Å². The van der Waals surface area contributed by atoms with E-state index in [0.717, 1.165) is 41.1 Å². The van der Waals surface area contributed by atoms with Crippen molar-refractivity contribution < 1.29 is 9.53 Å². The van der Waals surface area contributed by atoms with Gasteiger partial charge >= 0.3 is 0 Å². The zero-order valence-electron chi connectivity index (χ0n) is 19.2. The van der Waals surface area contributed by atoms with Crippen molar-refractivity contribution in [3.8, 4) is 5.75 Å². The number of hydrogen-bond acceptors (Lipinski definition) is 3. The molecule has 1 amide bonds. The van der Waals surface area contributed by atoms with Gasteiger partial charge in [0.1, 0.15) is 11.6 Å². The number of carbonyl (C=O) groups excluding carboxylic acids is 1. The lowest BCUT2D eigenvalue weighted by Gasteiger charge is -2.12. The highest BCUT2D eigenvalue weighted by Crippen LogP contribution is 2.21. The van der Waals surface area contributed by atoms with E-state index >= 15 is 0 Å². The van der Waals surface area contributed by atoms with Crippen molar-refractivity contribution in [1.82, 2.24) is 14.9 Å². The molecule has 34 heavy (non-hydrogen) atoms. The van der Waals surface area contributed by atoms with Gasteiger partial charge in [0.25, 0.3) is 5.91 Å². The van der Waals surface area contributed by atoms with E-state index in [2.05, 4.69) is 40.2 Å². The van der Waals surface area contributed by atoms with Crippen molar-refractivity contribution in [2.45, 2.75) is 26.4 Å². The third-order valence-corrected chi connectivity index (χ3v) is 6.05. The van der Waals surface area contributed by atoms with E-state index in [9.17, 15) is 4.79 Å². The van der Waals surface area contributed by atoms with Crippen molar-refractivity contribution in [1.29, 1.82) is 0 Å². The molecule has 0 spiro atoms. The van der Waals surface area contributed by atoms with Crippen LogP contribution in [0.3, 0.4) is 0 Å². The molecule has 0 unspecified atom stereocenters. The van der Waals surface area contributed by atoms with Crippen molar-refractivity contribution in [2.75, 3.05) is 6.61 Å². The first-order valence-electron chi connectivity index (χ1n) is 11.6. The summed E-state index contributed by atoms with van der Waals surface area (Å²) in [5.41, 5.74) is 3.64. The first kappa shape index (κ1) is 21.7. The number of imidazole rings is 1. The maximum atomic E-state index is 12.7. The standard InChI is InChI=1S/C29H27N3O2/c1-21-9-2-5-12-25(21)29(33)30-20-28-31-26-13-6-7-14-27(26)32(28)17-8-18-34-24-16-15-22-10-3-4-11-23(22)19-24/h2-7,9-16,19H,8,17-18,20H2,1H3,(H,30,33). The maximum Gasteiger partial charge on any atom is 0.251 e. The Morgan fingerprint density at radius 2 is 1.68 bits per heavy atom. The van der Waals surface area contributed by atoms with Gasteiger partial charge in [-0.05, 0) is 60.0 Å². The second-order valence-corrected chi connectivity index (χ2v) is 8.38. The summed E-state index contributed by atoms with van der Waals surface area (Å²) in [5.74, 6) is 1.63. The Hall–Kier alpha value is -4.12. The summed E-state index contributed by atoms with van der Waals surface area (Å²) in [6, 6.07) is 30.1. The molecule has 5 rings (SSSR count). The van der Waals surface area contributed by atoms with Gasteiger partial charge in [-0.25, -0.2) is 4.98 Å². The molecule has 0 saturated heterocycles. The molecule has 1 heterocycles. The SMILES string of the molecule is Cc1ccccc1C(=O)NCc1nc2ccccc2n1CCCOc1ccc2ccccc2c1. The van der Waals surface area contributed by atoms with E-state index in [1.165, 1.54) is 10.8 Å². The molecular weight excluding hydrogens is 422 g/mol. The molecule has 0 fully saturated rings. The fraction of sp³-hybridized carbons (Fsp3) is 0.172. The highest BCUT2D eigenvalue weighted by atomic mass is 16.5. The first-order chi connectivity index (χ1) is 16.7. The fourth-order valence-corrected chi connectivity index (χ4v) is 4.26.